The lowest BCUT2D eigenvalue weighted by atomic mass is 10.5. The smallest absolute Gasteiger partial charge is 0.259 e. The fraction of sp³-hybridized carbons (Fsp3) is 0.500. The van der Waals surface area contributed by atoms with Gasteiger partial charge >= 0.3 is 0 Å². The summed E-state index contributed by atoms with van der Waals surface area (Å²) in [6.45, 7) is 1.77. The Morgan fingerprint density at radius 3 is 2.00 bits per heavy atom. The van der Waals surface area contributed by atoms with Gasteiger partial charge in [-0.25, -0.2) is 0 Å². The first kappa shape index (κ1) is 7.12. The molecule has 0 aromatic carbocycles. The molecule has 0 saturated heterocycles. The molecule has 1 nitrogen and oxygen atoms in total. The summed E-state index contributed by atoms with van der Waals surface area (Å²) in [7, 11) is 0. The molecule has 0 aromatic heterocycles. The Balaban J connectivity index is 3.72. The second-order valence-electron chi connectivity index (χ2n) is 1.03. The molecule has 0 heterocycles. The maximum absolute atomic E-state index is 9.97. The third-order valence-electron chi connectivity index (χ3n) is 0.524. The Kier molecular flexibility index (Phi) is 3.22. The minimum absolute atomic E-state index is 0.196. The lowest BCUT2D eigenvalue weighted by Gasteiger charge is -1.84. The zero-order valence-corrected chi connectivity index (χ0v) is 5.38. The first-order valence-corrected chi connectivity index (χ1v) is 2.65. The van der Waals surface area contributed by atoms with Gasteiger partial charge < -0.3 is 0 Å². The summed E-state index contributed by atoms with van der Waals surface area (Å²) in [5.74, 6) is 0. The quantitative estimate of drug-likeness (QED) is 0.498. The molecule has 0 unspecified atom stereocenters. The maximum Gasteiger partial charge on any atom is 0.259 e. The monoisotopic (exact) mass is 139 g/mol. The molecule has 0 atom stereocenters. The molecule has 0 N–H and O–H groups in total. The van der Waals surface area contributed by atoms with Crippen LogP contribution in [0, 0.1) is 0 Å². The van der Waals surface area contributed by atoms with Crippen LogP contribution >= 0.6 is 23.2 Å². The highest BCUT2D eigenvalue weighted by Gasteiger charge is 1.95. The van der Waals surface area contributed by atoms with E-state index in [1.165, 1.54) is 0 Å². The second kappa shape index (κ2) is 3.16. The highest BCUT2D eigenvalue weighted by molar-refractivity contribution is 6.37. The average molecular weight is 140 g/mol. The van der Waals surface area contributed by atoms with Crippen LogP contribution < -0.4 is 0 Å². The molecule has 0 bridgehead atoms. The summed E-state index contributed by atoms with van der Waals surface area (Å²) in [5.41, 5.74) is 0. The van der Waals surface area contributed by atoms with Crippen LogP contribution in [0.2, 0.25) is 0 Å². The van der Waals surface area contributed by atoms with Crippen LogP contribution in [-0.2, 0) is 5.11 Å². The van der Waals surface area contributed by atoms with E-state index in [1.807, 2.05) is 0 Å². The number of allylic oxidation sites excluding steroid dienone is 1. The Hall–Kier alpha value is 0.120. The van der Waals surface area contributed by atoms with Crippen molar-refractivity contribution in [3.8, 4) is 0 Å². The topological polar surface area (TPSA) is 19.9 Å². The molecule has 41 valence electrons. The summed E-state index contributed by atoms with van der Waals surface area (Å²) in [5, 5.41) is 9.62. The van der Waals surface area contributed by atoms with Crippen LogP contribution in [0.3, 0.4) is 0 Å². The van der Waals surface area contributed by atoms with Crippen molar-refractivity contribution in [1.29, 1.82) is 0 Å². The molecule has 0 spiro atoms. The number of rotatable bonds is 1. The van der Waals surface area contributed by atoms with Gasteiger partial charge in [-0.2, -0.15) is 0 Å². The van der Waals surface area contributed by atoms with Crippen LogP contribution in [0.4, 0.5) is 0 Å². The van der Waals surface area contributed by atoms with E-state index in [1.54, 1.807) is 6.92 Å². The van der Waals surface area contributed by atoms with E-state index in [0.29, 0.717) is 6.42 Å². The molecule has 7 heavy (non-hydrogen) atoms. The fourth-order valence-electron chi connectivity index (χ4n) is 0.139. The highest BCUT2D eigenvalue weighted by Crippen LogP contribution is 2.13. The molecule has 0 aliphatic heterocycles. The van der Waals surface area contributed by atoms with Crippen LogP contribution in [-0.4, -0.2) is 0 Å². The van der Waals surface area contributed by atoms with Crippen molar-refractivity contribution in [2.75, 3.05) is 0 Å². The molecular weight excluding hydrogens is 135 g/mol. The van der Waals surface area contributed by atoms with Gasteiger partial charge in [0.1, 0.15) is 0 Å². The molecule has 0 aromatic rings. The van der Waals surface area contributed by atoms with E-state index in [-0.39, 0.29) is 5.03 Å². The SMILES string of the molecule is CC/C(Cl)=C(/[O])Cl. The van der Waals surface area contributed by atoms with Crippen molar-refractivity contribution in [1.82, 2.24) is 0 Å². The summed E-state index contributed by atoms with van der Waals surface area (Å²) >= 11 is 10.2. The summed E-state index contributed by atoms with van der Waals surface area (Å²) < 4.78 is 0. The molecule has 0 rings (SSSR count). The van der Waals surface area contributed by atoms with Gasteiger partial charge in [0, 0.05) is 0 Å². The third-order valence-corrected chi connectivity index (χ3v) is 1.29. The zero-order chi connectivity index (χ0) is 5.86. The Labute approximate surface area is 52.5 Å². The van der Waals surface area contributed by atoms with Gasteiger partial charge in [0.2, 0.25) is 0 Å². The van der Waals surface area contributed by atoms with Crippen molar-refractivity contribution < 1.29 is 5.11 Å². The normalized spacial score (nSPS) is 13.6. The van der Waals surface area contributed by atoms with Gasteiger partial charge in [-0.1, -0.05) is 18.5 Å². The van der Waals surface area contributed by atoms with Crippen molar-refractivity contribution in [3.63, 3.8) is 0 Å². The average Bonchev–Trinajstić information content (AvgIpc) is 1.65. The Morgan fingerprint density at radius 1 is 1.57 bits per heavy atom. The van der Waals surface area contributed by atoms with Gasteiger partial charge in [-0.3, -0.25) is 5.11 Å². The van der Waals surface area contributed by atoms with Crippen LogP contribution in [0.1, 0.15) is 13.3 Å². The fourth-order valence-corrected chi connectivity index (χ4v) is 0.273. The minimum Gasteiger partial charge on any atom is -0.275 e. The lowest BCUT2D eigenvalue weighted by Crippen LogP contribution is -1.68. The van der Waals surface area contributed by atoms with Crippen molar-refractivity contribution in [3.05, 3.63) is 10.3 Å². The molecule has 0 aliphatic carbocycles. The molecule has 0 aliphatic rings. The number of halogens is 2. The predicted molar refractivity (Wildman–Crippen MR) is 29.7 cm³/mol. The van der Waals surface area contributed by atoms with E-state index >= 15 is 0 Å². The van der Waals surface area contributed by atoms with Crippen LogP contribution in [0.25, 0.3) is 0 Å². The minimum atomic E-state index is -0.552. The van der Waals surface area contributed by atoms with E-state index in [0.717, 1.165) is 0 Å². The molecular formula is C4H5Cl2O. The molecule has 0 amide bonds. The lowest BCUT2D eigenvalue weighted by molar-refractivity contribution is 0.329. The first-order chi connectivity index (χ1) is 3.18. The first-order valence-electron chi connectivity index (χ1n) is 1.89. The molecule has 0 fully saturated rings. The summed E-state index contributed by atoms with van der Waals surface area (Å²) in [6, 6.07) is 0. The predicted octanol–water partition coefficient (Wildman–Crippen LogP) is 2.47. The van der Waals surface area contributed by atoms with Gasteiger partial charge in [-0.05, 0) is 18.0 Å². The van der Waals surface area contributed by atoms with E-state index in [2.05, 4.69) is 0 Å². The van der Waals surface area contributed by atoms with E-state index in [4.69, 9.17) is 23.2 Å². The molecule has 1 radical (unpaired) electrons. The molecule has 3 heteroatoms. The molecule has 0 saturated carbocycles. The number of hydrogen-bond donors (Lipinski definition) is 0. The Bertz CT molecular complexity index is 83.7. The zero-order valence-electron chi connectivity index (χ0n) is 3.87. The van der Waals surface area contributed by atoms with Gasteiger partial charge in [0.25, 0.3) is 5.22 Å². The van der Waals surface area contributed by atoms with Crippen molar-refractivity contribution in [2.45, 2.75) is 13.3 Å². The largest absolute Gasteiger partial charge is 0.275 e. The maximum atomic E-state index is 9.97. The van der Waals surface area contributed by atoms with Crippen LogP contribution in [0.15, 0.2) is 10.3 Å². The number of hydrogen-bond acceptors (Lipinski definition) is 0. The van der Waals surface area contributed by atoms with Gasteiger partial charge in [0.15, 0.2) is 0 Å². The van der Waals surface area contributed by atoms with E-state index in [9.17, 15) is 5.11 Å². The third kappa shape index (κ3) is 2.77. The highest BCUT2D eigenvalue weighted by atomic mass is 35.5. The van der Waals surface area contributed by atoms with Gasteiger partial charge in [0.05, 0.1) is 5.03 Å². The standard InChI is InChI=1S/C4H5Cl2O/c1-2-3(5)4(6)7/h2H2,1H3/b4-3-. The van der Waals surface area contributed by atoms with Crippen molar-refractivity contribution >= 4 is 23.2 Å². The van der Waals surface area contributed by atoms with Crippen molar-refractivity contribution in [2.24, 2.45) is 0 Å². The van der Waals surface area contributed by atoms with E-state index < -0.39 is 5.22 Å². The summed E-state index contributed by atoms with van der Waals surface area (Å²) in [4.78, 5) is 0. The van der Waals surface area contributed by atoms with Gasteiger partial charge in [-0.15, -0.1) is 0 Å². The summed E-state index contributed by atoms with van der Waals surface area (Å²) in [6.07, 6.45) is 0.518. The Morgan fingerprint density at radius 2 is 2.00 bits per heavy atom. The van der Waals surface area contributed by atoms with Crippen LogP contribution in [0.5, 0.6) is 0 Å². The second-order valence-corrected chi connectivity index (χ2v) is 1.83.